The van der Waals surface area contributed by atoms with E-state index in [1.807, 2.05) is 0 Å². The van der Waals surface area contributed by atoms with Crippen LogP contribution in [0.15, 0.2) is 0 Å². The van der Waals surface area contributed by atoms with Crippen molar-refractivity contribution in [3.05, 3.63) is 0 Å². The van der Waals surface area contributed by atoms with Gasteiger partial charge in [0.05, 0.1) is 0 Å². The molecule has 0 bridgehead atoms. The predicted molar refractivity (Wildman–Crippen MR) is 33.0 cm³/mol. The summed E-state index contributed by atoms with van der Waals surface area (Å²) < 4.78 is 34.4. The molecule has 0 spiro atoms. The lowest BCUT2D eigenvalue weighted by molar-refractivity contribution is -0.339. The first-order valence-electron chi connectivity index (χ1n) is 3.10. The minimum Gasteiger partial charge on any atom is -0.287 e. The second kappa shape index (κ2) is 3.30. The van der Waals surface area contributed by atoms with Crippen LogP contribution in [0.3, 0.4) is 0 Å². The van der Waals surface area contributed by atoms with E-state index in [0.29, 0.717) is 0 Å². The largest absolute Gasteiger partial charge is 0.494 e. The Hall–Kier alpha value is -0.780. The number of hydrogen-bond acceptors (Lipinski definition) is 3. The number of hydrogen-bond donors (Lipinski definition) is 0. The molecule has 0 aliphatic heterocycles. The molecule has 0 aromatic carbocycles. The third-order valence-electron chi connectivity index (χ3n) is 0.599. The molecule has 0 saturated carbocycles. The molecule has 0 amide bonds. The molecule has 0 aromatic rings. The van der Waals surface area contributed by atoms with Crippen LogP contribution in [0.2, 0.25) is 0 Å². The number of carbonyl (C=O) groups is 1. The van der Waals surface area contributed by atoms with E-state index in [1.54, 1.807) is 0 Å². The molecule has 0 aliphatic carbocycles. The van der Waals surface area contributed by atoms with Crippen LogP contribution in [0.4, 0.5) is 13.2 Å². The average Bonchev–Trinajstić information content (AvgIpc) is 1.78. The number of alkyl halides is 3. The molecule has 0 radical (unpaired) electrons. The first kappa shape index (κ1) is 11.2. The second-order valence-corrected chi connectivity index (χ2v) is 3.06. The highest BCUT2D eigenvalue weighted by molar-refractivity contribution is 5.74. The van der Waals surface area contributed by atoms with E-state index in [9.17, 15) is 18.0 Å². The standard InChI is InChI=1S/C6H9F3O3/c1-5(2,3)12-11-4(10)6(7,8)9/h1-3H3. The molecule has 0 rings (SSSR count). The number of carbonyl (C=O) groups excluding carboxylic acids is 1. The molecule has 0 fully saturated rings. The normalized spacial score (nSPS) is 12.8. The molecular weight excluding hydrogens is 177 g/mol. The Balaban J connectivity index is 3.90. The molecule has 0 saturated heterocycles. The summed E-state index contributed by atoms with van der Waals surface area (Å²) in [5.74, 6) is -2.35. The summed E-state index contributed by atoms with van der Waals surface area (Å²) in [5, 5.41) is 0. The van der Waals surface area contributed by atoms with E-state index in [1.165, 1.54) is 20.8 Å². The van der Waals surface area contributed by atoms with E-state index in [4.69, 9.17) is 0 Å². The van der Waals surface area contributed by atoms with Gasteiger partial charge in [-0.3, -0.25) is 4.89 Å². The van der Waals surface area contributed by atoms with E-state index < -0.39 is 17.7 Å². The summed E-state index contributed by atoms with van der Waals surface area (Å²) in [7, 11) is 0. The fourth-order valence-electron chi connectivity index (χ4n) is 0.210. The molecular formula is C6H9F3O3. The summed E-state index contributed by atoms with van der Waals surface area (Å²) >= 11 is 0. The van der Waals surface area contributed by atoms with Crippen molar-refractivity contribution in [2.75, 3.05) is 0 Å². The topological polar surface area (TPSA) is 35.5 Å². The van der Waals surface area contributed by atoms with Crippen molar-refractivity contribution in [1.82, 2.24) is 0 Å². The van der Waals surface area contributed by atoms with Gasteiger partial charge < -0.3 is 0 Å². The van der Waals surface area contributed by atoms with Crippen LogP contribution in [0, 0.1) is 0 Å². The molecule has 12 heavy (non-hydrogen) atoms. The summed E-state index contributed by atoms with van der Waals surface area (Å²) in [6.07, 6.45) is -5.01. The Morgan fingerprint density at radius 2 is 1.58 bits per heavy atom. The predicted octanol–water partition coefficient (Wildman–Crippen LogP) is 1.82. The fourth-order valence-corrected chi connectivity index (χ4v) is 0.210. The first-order chi connectivity index (χ1) is 5.13. The van der Waals surface area contributed by atoms with Gasteiger partial charge in [-0.2, -0.15) is 18.1 Å². The van der Waals surface area contributed by atoms with Gasteiger partial charge in [0.25, 0.3) is 0 Å². The van der Waals surface area contributed by atoms with Gasteiger partial charge in [-0.1, -0.05) is 0 Å². The van der Waals surface area contributed by atoms with Crippen molar-refractivity contribution >= 4 is 5.97 Å². The van der Waals surface area contributed by atoms with Crippen LogP contribution in [0.1, 0.15) is 20.8 Å². The van der Waals surface area contributed by atoms with Crippen LogP contribution >= 0.6 is 0 Å². The highest BCUT2D eigenvalue weighted by Crippen LogP contribution is 2.18. The van der Waals surface area contributed by atoms with Gasteiger partial charge in [0.1, 0.15) is 5.60 Å². The van der Waals surface area contributed by atoms with Crippen LogP contribution in [0.25, 0.3) is 0 Å². The summed E-state index contributed by atoms with van der Waals surface area (Å²) in [4.78, 5) is 17.7. The quantitative estimate of drug-likeness (QED) is 0.462. The lowest BCUT2D eigenvalue weighted by atomic mass is 10.2. The van der Waals surface area contributed by atoms with Crippen molar-refractivity contribution in [2.45, 2.75) is 32.5 Å². The maximum Gasteiger partial charge on any atom is 0.494 e. The van der Waals surface area contributed by atoms with E-state index in [2.05, 4.69) is 9.78 Å². The van der Waals surface area contributed by atoms with Gasteiger partial charge in [-0.15, -0.1) is 0 Å². The van der Waals surface area contributed by atoms with Gasteiger partial charge >= 0.3 is 12.1 Å². The van der Waals surface area contributed by atoms with Crippen molar-refractivity contribution in [1.29, 1.82) is 0 Å². The fraction of sp³-hybridized carbons (Fsp3) is 0.833. The zero-order chi connectivity index (χ0) is 9.99. The van der Waals surface area contributed by atoms with Crippen LogP contribution in [-0.2, 0) is 14.6 Å². The van der Waals surface area contributed by atoms with Gasteiger partial charge in [-0.25, -0.2) is 4.79 Å². The second-order valence-electron chi connectivity index (χ2n) is 3.06. The molecule has 6 heteroatoms. The molecule has 0 unspecified atom stereocenters. The summed E-state index contributed by atoms with van der Waals surface area (Å²) in [6.45, 7) is 4.37. The molecule has 0 aromatic heterocycles. The highest BCUT2D eigenvalue weighted by atomic mass is 19.4. The third-order valence-corrected chi connectivity index (χ3v) is 0.599. The molecule has 0 aliphatic rings. The minimum atomic E-state index is -5.01. The van der Waals surface area contributed by atoms with E-state index in [0.717, 1.165) is 0 Å². The van der Waals surface area contributed by atoms with Gasteiger partial charge in [0, 0.05) is 0 Å². The van der Waals surface area contributed by atoms with Gasteiger partial charge in [0.2, 0.25) is 0 Å². The minimum absolute atomic E-state index is 0.944. The third kappa shape index (κ3) is 4.95. The summed E-state index contributed by atoms with van der Waals surface area (Å²) in [6, 6.07) is 0. The monoisotopic (exact) mass is 186 g/mol. The maximum absolute atomic E-state index is 11.5. The Morgan fingerprint density at radius 1 is 1.17 bits per heavy atom. The maximum atomic E-state index is 11.5. The Kier molecular flexibility index (Phi) is 3.09. The molecule has 0 atom stereocenters. The average molecular weight is 186 g/mol. The first-order valence-corrected chi connectivity index (χ1v) is 3.10. The summed E-state index contributed by atoms with van der Waals surface area (Å²) in [5.41, 5.74) is -0.944. The molecule has 0 N–H and O–H groups in total. The van der Waals surface area contributed by atoms with Crippen molar-refractivity contribution in [2.24, 2.45) is 0 Å². The highest BCUT2D eigenvalue weighted by Gasteiger charge is 2.42. The molecule has 0 heterocycles. The lowest BCUT2D eigenvalue weighted by Crippen LogP contribution is -2.30. The SMILES string of the molecule is CC(C)(C)OOC(=O)C(F)(F)F. The van der Waals surface area contributed by atoms with Crippen molar-refractivity contribution < 1.29 is 27.7 Å². The molecule has 72 valence electrons. The Bertz CT molecular complexity index is 168. The zero-order valence-electron chi connectivity index (χ0n) is 6.86. The van der Waals surface area contributed by atoms with Gasteiger partial charge in [0.15, 0.2) is 0 Å². The van der Waals surface area contributed by atoms with Gasteiger partial charge in [-0.05, 0) is 20.8 Å². The smallest absolute Gasteiger partial charge is 0.287 e. The Morgan fingerprint density at radius 3 is 1.83 bits per heavy atom. The van der Waals surface area contributed by atoms with E-state index >= 15 is 0 Å². The van der Waals surface area contributed by atoms with Crippen LogP contribution in [-0.4, -0.2) is 17.7 Å². The van der Waals surface area contributed by atoms with Crippen LogP contribution in [0.5, 0.6) is 0 Å². The Labute approximate surface area is 67.4 Å². The molecule has 3 nitrogen and oxygen atoms in total. The van der Waals surface area contributed by atoms with Crippen LogP contribution < -0.4 is 0 Å². The van der Waals surface area contributed by atoms with E-state index in [-0.39, 0.29) is 0 Å². The van der Waals surface area contributed by atoms with Crippen molar-refractivity contribution in [3.63, 3.8) is 0 Å². The van der Waals surface area contributed by atoms with Crippen molar-refractivity contribution in [3.8, 4) is 0 Å². The number of halogens is 3. The zero-order valence-corrected chi connectivity index (χ0v) is 6.86. The lowest BCUT2D eigenvalue weighted by Gasteiger charge is -2.16. The number of rotatable bonds is 1.